The van der Waals surface area contributed by atoms with Crippen molar-refractivity contribution in [3.63, 3.8) is 0 Å². The van der Waals surface area contributed by atoms with Gasteiger partial charge >= 0.3 is 0 Å². The van der Waals surface area contributed by atoms with E-state index in [0.29, 0.717) is 27.8 Å². The van der Waals surface area contributed by atoms with Crippen molar-refractivity contribution in [1.82, 2.24) is 0 Å². The highest BCUT2D eigenvalue weighted by molar-refractivity contribution is 5.16. The van der Waals surface area contributed by atoms with E-state index in [4.69, 9.17) is 4.74 Å². The maximum atomic E-state index is 6.29. The Morgan fingerprint density at radius 3 is 2.16 bits per heavy atom. The van der Waals surface area contributed by atoms with Gasteiger partial charge in [0.2, 0.25) is 0 Å². The monoisotopic (exact) mass is 426 g/mol. The number of fused-ring (bicyclic) bond motifs is 5. The fourth-order valence-electron chi connectivity index (χ4n) is 10.9. The molecule has 1 nitrogen and oxygen atoms in total. The van der Waals surface area contributed by atoms with Gasteiger partial charge in [-0.05, 0) is 123 Å². The van der Waals surface area contributed by atoms with Crippen molar-refractivity contribution in [2.24, 2.45) is 51.2 Å². The molecule has 0 N–H and O–H groups in total. The lowest BCUT2D eigenvalue weighted by Crippen LogP contribution is -2.59. The van der Waals surface area contributed by atoms with Gasteiger partial charge in [-0.2, -0.15) is 0 Å². The fraction of sp³-hybridized carbons (Fsp3) is 0.933. The number of ether oxygens (including phenoxy) is 1. The zero-order valence-electron chi connectivity index (χ0n) is 21.7. The second-order valence-electron chi connectivity index (χ2n) is 14.3. The maximum Gasteiger partial charge on any atom is 0.0761 e. The van der Waals surface area contributed by atoms with Gasteiger partial charge in [-0.15, -0.1) is 0 Å². The summed E-state index contributed by atoms with van der Waals surface area (Å²) in [6, 6.07) is 0. The van der Waals surface area contributed by atoms with Crippen LogP contribution < -0.4 is 0 Å². The normalized spacial score (nSPS) is 53.4. The first-order valence-electron chi connectivity index (χ1n) is 13.8. The lowest BCUT2D eigenvalue weighted by Gasteiger charge is -2.67. The van der Waals surface area contributed by atoms with Crippen LogP contribution in [0.2, 0.25) is 0 Å². The van der Waals surface area contributed by atoms with Crippen LogP contribution in [-0.4, -0.2) is 12.7 Å². The van der Waals surface area contributed by atoms with Crippen molar-refractivity contribution in [1.29, 1.82) is 0 Å². The van der Waals surface area contributed by atoms with Crippen molar-refractivity contribution in [2.45, 2.75) is 119 Å². The lowest BCUT2D eigenvalue weighted by atomic mass is 9.38. The third-order valence-corrected chi connectivity index (χ3v) is 12.4. The predicted molar refractivity (Wildman–Crippen MR) is 131 cm³/mol. The molecular formula is C30H50O. The largest absolute Gasteiger partial charge is 0.374 e. The van der Waals surface area contributed by atoms with Gasteiger partial charge in [-0.25, -0.2) is 0 Å². The molecule has 4 saturated carbocycles. The third kappa shape index (κ3) is 3.18. The van der Waals surface area contributed by atoms with Gasteiger partial charge in [0.15, 0.2) is 0 Å². The standard InChI is InChI=1S/C30H50O/c1-20(2)17-22-18-21(19-31-22)23-11-15-30(7)25-9-10-26-27(3,4)13-8-14-28(26,5)24(25)12-16-29(23,30)6/h17,21-26H,8-16,18-19H2,1-7H3. The van der Waals surface area contributed by atoms with E-state index in [-0.39, 0.29) is 0 Å². The van der Waals surface area contributed by atoms with Crippen molar-refractivity contribution < 1.29 is 4.74 Å². The summed E-state index contributed by atoms with van der Waals surface area (Å²) >= 11 is 0. The Labute approximate surface area is 193 Å². The van der Waals surface area contributed by atoms with Crippen LogP contribution in [0.3, 0.4) is 0 Å². The van der Waals surface area contributed by atoms with Crippen LogP contribution in [0, 0.1) is 51.2 Å². The molecule has 5 rings (SSSR count). The average Bonchev–Trinajstić information content (AvgIpc) is 3.22. The molecule has 1 saturated heterocycles. The number of allylic oxidation sites excluding steroid dienone is 1. The Kier molecular flexibility index (Phi) is 5.33. The van der Waals surface area contributed by atoms with E-state index in [1.165, 1.54) is 69.8 Å². The second kappa shape index (κ2) is 7.35. The molecule has 5 aliphatic rings. The van der Waals surface area contributed by atoms with Crippen LogP contribution in [0.25, 0.3) is 0 Å². The molecule has 176 valence electrons. The molecule has 0 amide bonds. The highest BCUT2D eigenvalue weighted by Crippen LogP contribution is 2.74. The van der Waals surface area contributed by atoms with Gasteiger partial charge in [-0.3, -0.25) is 0 Å². The number of rotatable bonds is 2. The molecule has 1 aliphatic heterocycles. The molecule has 4 aliphatic carbocycles. The molecule has 1 heterocycles. The molecule has 9 unspecified atom stereocenters. The van der Waals surface area contributed by atoms with E-state index in [1.807, 2.05) is 0 Å². The Hall–Kier alpha value is -0.300. The molecule has 0 aromatic rings. The Morgan fingerprint density at radius 1 is 0.774 bits per heavy atom. The van der Waals surface area contributed by atoms with Crippen molar-refractivity contribution in [3.05, 3.63) is 11.6 Å². The van der Waals surface area contributed by atoms with Gasteiger partial charge < -0.3 is 4.74 Å². The minimum atomic E-state index is 0.376. The maximum absolute atomic E-state index is 6.29. The first-order chi connectivity index (χ1) is 14.5. The van der Waals surface area contributed by atoms with E-state index in [1.54, 1.807) is 0 Å². The van der Waals surface area contributed by atoms with Crippen LogP contribution in [0.1, 0.15) is 113 Å². The van der Waals surface area contributed by atoms with Crippen molar-refractivity contribution in [3.8, 4) is 0 Å². The zero-order valence-corrected chi connectivity index (χ0v) is 21.7. The van der Waals surface area contributed by atoms with Gasteiger partial charge in [0.05, 0.1) is 12.7 Å². The highest BCUT2D eigenvalue weighted by atomic mass is 16.5. The van der Waals surface area contributed by atoms with E-state index in [2.05, 4.69) is 54.5 Å². The van der Waals surface area contributed by atoms with Crippen LogP contribution in [0.5, 0.6) is 0 Å². The van der Waals surface area contributed by atoms with Crippen molar-refractivity contribution in [2.75, 3.05) is 6.61 Å². The number of hydrogen-bond donors (Lipinski definition) is 0. The molecule has 9 atom stereocenters. The Morgan fingerprint density at radius 2 is 1.45 bits per heavy atom. The third-order valence-electron chi connectivity index (χ3n) is 12.4. The summed E-state index contributed by atoms with van der Waals surface area (Å²) in [5, 5.41) is 0. The minimum Gasteiger partial charge on any atom is -0.374 e. The average molecular weight is 427 g/mol. The molecule has 0 bridgehead atoms. The number of hydrogen-bond acceptors (Lipinski definition) is 1. The molecule has 1 heteroatoms. The lowest BCUT2D eigenvalue weighted by molar-refractivity contribution is -0.179. The van der Waals surface area contributed by atoms with E-state index in [9.17, 15) is 0 Å². The van der Waals surface area contributed by atoms with Crippen LogP contribution in [0.15, 0.2) is 11.6 Å². The molecule has 0 spiro atoms. The molecule has 0 aromatic heterocycles. The van der Waals surface area contributed by atoms with E-state index < -0.39 is 0 Å². The van der Waals surface area contributed by atoms with E-state index in [0.717, 1.165) is 36.2 Å². The topological polar surface area (TPSA) is 9.23 Å². The van der Waals surface area contributed by atoms with Crippen LogP contribution in [0.4, 0.5) is 0 Å². The summed E-state index contributed by atoms with van der Waals surface area (Å²) < 4.78 is 6.29. The summed E-state index contributed by atoms with van der Waals surface area (Å²) in [7, 11) is 0. The smallest absolute Gasteiger partial charge is 0.0761 e. The zero-order chi connectivity index (χ0) is 22.2. The quantitative estimate of drug-likeness (QED) is 0.402. The molecule has 31 heavy (non-hydrogen) atoms. The second-order valence-corrected chi connectivity index (χ2v) is 14.3. The van der Waals surface area contributed by atoms with Crippen molar-refractivity contribution >= 4 is 0 Å². The predicted octanol–water partition coefficient (Wildman–Crippen LogP) is 8.43. The van der Waals surface area contributed by atoms with Gasteiger partial charge in [0.25, 0.3) is 0 Å². The summed E-state index contributed by atoms with van der Waals surface area (Å²) in [4.78, 5) is 0. The SMILES string of the molecule is CC(C)=CC1CC(C2CCC3(C)C4CCC5C(C)(C)CCCC5(C)C4CCC23C)CO1. The summed E-state index contributed by atoms with van der Waals surface area (Å²) in [6.07, 6.45) is 17.3. The molecular weight excluding hydrogens is 376 g/mol. The molecule has 0 aromatic carbocycles. The molecule has 0 radical (unpaired) electrons. The summed E-state index contributed by atoms with van der Waals surface area (Å²) in [5.41, 5.74) is 3.63. The minimum absolute atomic E-state index is 0.376. The first kappa shape index (κ1) is 22.5. The highest BCUT2D eigenvalue weighted by Gasteiger charge is 2.67. The Bertz CT molecular complexity index is 731. The molecule has 5 fully saturated rings. The first-order valence-corrected chi connectivity index (χ1v) is 13.8. The summed E-state index contributed by atoms with van der Waals surface area (Å²) in [6.45, 7) is 18.9. The van der Waals surface area contributed by atoms with Crippen LogP contribution in [-0.2, 0) is 4.74 Å². The van der Waals surface area contributed by atoms with Crippen LogP contribution >= 0.6 is 0 Å². The van der Waals surface area contributed by atoms with Gasteiger partial charge in [-0.1, -0.05) is 52.7 Å². The summed E-state index contributed by atoms with van der Waals surface area (Å²) in [5.74, 6) is 4.54. The van der Waals surface area contributed by atoms with E-state index >= 15 is 0 Å². The van der Waals surface area contributed by atoms with Gasteiger partial charge in [0.1, 0.15) is 0 Å². The van der Waals surface area contributed by atoms with Gasteiger partial charge in [0, 0.05) is 0 Å². The Balaban J connectivity index is 1.40. The fourth-order valence-corrected chi connectivity index (χ4v) is 10.9.